The summed E-state index contributed by atoms with van der Waals surface area (Å²) < 4.78 is 22.7. The Labute approximate surface area is 194 Å². The third-order valence-electron chi connectivity index (χ3n) is 7.89. The molecule has 1 spiro atoms. The van der Waals surface area contributed by atoms with Crippen molar-refractivity contribution in [3.05, 3.63) is 54.5 Å². The van der Waals surface area contributed by atoms with E-state index in [9.17, 15) is 14.4 Å². The zero-order valence-corrected chi connectivity index (χ0v) is 18.3. The van der Waals surface area contributed by atoms with E-state index in [0.717, 1.165) is 0 Å². The van der Waals surface area contributed by atoms with Crippen LogP contribution in [-0.2, 0) is 19.1 Å². The molecule has 0 aliphatic carbocycles. The molecule has 9 nitrogen and oxygen atoms in total. The van der Waals surface area contributed by atoms with Gasteiger partial charge in [-0.05, 0) is 24.3 Å². The topological polar surface area (TPSA) is 107 Å². The molecular formula is C25H22N2O7. The number of hydrogen-bond donors (Lipinski definition) is 1. The highest BCUT2D eigenvalue weighted by Crippen LogP contribution is 2.60. The lowest BCUT2D eigenvalue weighted by Gasteiger charge is -2.43. The molecule has 2 bridgehead atoms. The molecule has 2 aromatic rings. The summed E-state index contributed by atoms with van der Waals surface area (Å²) in [5.41, 5.74) is -0.464. The molecule has 0 radical (unpaired) electrons. The first kappa shape index (κ1) is 19.8. The first-order valence-corrected chi connectivity index (χ1v) is 11.4. The van der Waals surface area contributed by atoms with Crippen molar-refractivity contribution in [3.63, 3.8) is 0 Å². The van der Waals surface area contributed by atoms with Gasteiger partial charge >= 0.3 is 0 Å². The molecule has 1 aromatic carbocycles. The number of amides is 2. The maximum atomic E-state index is 13.9. The number of carbonyl (C=O) groups excluding carboxylic acids is 3. The summed E-state index contributed by atoms with van der Waals surface area (Å²) in [6, 6.07) is 7.69. The molecule has 174 valence electrons. The van der Waals surface area contributed by atoms with Gasteiger partial charge in [0.2, 0.25) is 18.6 Å². The van der Waals surface area contributed by atoms with Crippen molar-refractivity contribution in [2.24, 2.45) is 17.8 Å². The van der Waals surface area contributed by atoms with E-state index in [-0.39, 0.29) is 30.8 Å². The van der Waals surface area contributed by atoms with Crippen molar-refractivity contribution in [1.82, 2.24) is 4.90 Å². The minimum atomic E-state index is -1.01. The number of fused-ring (bicyclic) bond motifs is 3. The van der Waals surface area contributed by atoms with Crippen molar-refractivity contribution in [3.8, 4) is 11.5 Å². The van der Waals surface area contributed by atoms with Crippen LogP contribution in [0, 0.1) is 17.8 Å². The number of furan rings is 1. The first-order chi connectivity index (χ1) is 16.5. The van der Waals surface area contributed by atoms with Gasteiger partial charge in [0.15, 0.2) is 11.5 Å². The largest absolute Gasteiger partial charge is 0.467 e. The molecule has 3 saturated heterocycles. The average molecular weight is 462 g/mol. The Morgan fingerprint density at radius 3 is 2.85 bits per heavy atom. The zero-order valence-electron chi connectivity index (χ0n) is 18.3. The summed E-state index contributed by atoms with van der Waals surface area (Å²) in [6.45, 7) is 1.98. The first-order valence-electron chi connectivity index (χ1n) is 11.4. The monoisotopic (exact) mass is 462 g/mol. The number of Topliss-reactive ketones (excluding diaryl/α,β-unsaturated/α-hetero) is 1. The molecule has 7 rings (SSSR count). The Morgan fingerprint density at radius 2 is 2.03 bits per heavy atom. The van der Waals surface area contributed by atoms with Crippen LogP contribution in [0.15, 0.2) is 53.2 Å². The normalized spacial score (nSPS) is 36.7. The van der Waals surface area contributed by atoms with Gasteiger partial charge in [0, 0.05) is 24.1 Å². The van der Waals surface area contributed by atoms with Crippen LogP contribution in [-0.4, -0.2) is 47.0 Å². The predicted octanol–water partition coefficient (Wildman–Crippen LogP) is 2.45. The predicted molar refractivity (Wildman–Crippen MR) is 116 cm³/mol. The van der Waals surface area contributed by atoms with E-state index in [2.05, 4.69) is 5.32 Å². The van der Waals surface area contributed by atoms with Crippen LogP contribution in [0.4, 0.5) is 5.69 Å². The quantitative estimate of drug-likeness (QED) is 0.698. The molecular weight excluding hydrogens is 440 g/mol. The highest BCUT2D eigenvalue weighted by molar-refractivity contribution is 6.01. The van der Waals surface area contributed by atoms with E-state index >= 15 is 0 Å². The number of ether oxygens (including phenoxy) is 3. The fourth-order valence-electron chi connectivity index (χ4n) is 6.46. The molecule has 5 aliphatic rings. The molecule has 6 heterocycles. The summed E-state index contributed by atoms with van der Waals surface area (Å²) in [4.78, 5) is 42.2. The molecule has 9 heteroatoms. The van der Waals surface area contributed by atoms with E-state index in [1.807, 2.05) is 19.1 Å². The zero-order chi connectivity index (χ0) is 23.2. The molecule has 34 heavy (non-hydrogen) atoms. The van der Waals surface area contributed by atoms with Crippen molar-refractivity contribution >= 4 is 23.3 Å². The summed E-state index contributed by atoms with van der Waals surface area (Å²) in [5.74, 6) is -0.534. The Bertz CT molecular complexity index is 1250. The van der Waals surface area contributed by atoms with Crippen LogP contribution in [0.25, 0.3) is 0 Å². The van der Waals surface area contributed by atoms with Gasteiger partial charge in [0.1, 0.15) is 17.1 Å². The minimum absolute atomic E-state index is 0.0548. The number of piperidine rings is 1. The van der Waals surface area contributed by atoms with Gasteiger partial charge in [0.25, 0.3) is 0 Å². The fourth-order valence-corrected chi connectivity index (χ4v) is 6.46. The highest BCUT2D eigenvalue weighted by atomic mass is 16.7. The lowest BCUT2D eigenvalue weighted by molar-refractivity contribution is -0.147. The number of nitrogens with one attached hydrogen (secondary N) is 1. The molecule has 5 aliphatic heterocycles. The summed E-state index contributed by atoms with van der Waals surface area (Å²) in [6.07, 6.45) is 4.93. The number of rotatable bonds is 3. The van der Waals surface area contributed by atoms with Crippen LogP contribution in [0.1, 0.15) is 25.1 Å². The number of nitrogens with zero attached hydrogens (tertiary/aromatic N) is 1. The Balaban J connectivity index is 1.24. The third kappa shape index (κ3) is 2.45. The molecule has 1 aromatic heterocycles. The fraction of sp³-hybridized carbons (Fsp3) is 0.400. The van der Waals surface area contributed by atoms with Crippen LogP contribution in [0.2, 0.25) is 0 Å². The maximum absolute atomic E-state index is 13.9. The molecule has 2 amide bonds. The summed E-state index contributed by atoms with van der Waals surface area (Å²) >= 11 is 0. The highest BCUT2D eigenvalue weighted by Gasteiger charge is 2.74. The van der Waals surface area contributed by atoms with E-state index in [0.29, 0.717) is 22.9 Å². The minimum Gasteiger partial charge on any atom is -0.467 e. The van der Waals surface area contributed by atoms with Gasteiger partial charge in [-0.15, -0.1) is 0 Å². The van der Waals surface area contributed by atoms with Gasteiger partial charge in [-0.1, -0.05) is 19.1 Å². The second kappa shape index (κ2) is 6.73. The molecule has 1 N–H and O–H groups in total. The molecule has 0 saturated carbocycles. The lowest BCUT2D eigenvalue weighted by atomic mass is 9.70. The average Bonchev–Trinajstić information content (AvgIpc) is 3.64. The summed E-state index contributed by atoms with van der Waals surface area (Å²) in [5, 5.41) is 2.92. The Morgan fingerprint density at radius 1 is 1.18 bits per heavy atom. The van der Waals surface area contributed by atoms with Crippen molar-refractivity contribution < 1.29 is 33.0 Å². The van der Waals surface area contributed by atoms with E-state index in [1.54, 1.807) is 35.2 Å². The SMILES string of the molecule is C[C@@H]1C(=O)C[C@H](c2ccco2)N2C(=O)[C@@H]3[C@H](C(=O)Nc4ccc5c(c4)OCO5)[C@H]4C=C[C@@]3(O4)[C@@H]12. The second-order valence-corrected chi connectivity index (χ2v) is 9.54. The van der Waals surface area contributed by atoms with Gasteiger partial charge in [-0.3, -0.25) is 14.4 Å². The van der Waals surface area contributed by atoms with E-state index in [1.165, 1.54) is 6.26 Å². The van der Waals surface area contributed by atoms with E-state index < -0.39 is 41.5 Å². The Kier molecular flexibility index (Phi) is 3.92. The number of carbonyl (C=O) groups is 3. The summed E-state index contributed by atoms with van der Waals surface area (Å²) in [7, 11) is 0. The smallest absolute Gasteiger partial charge is 0.231 e. The van der Waals surface area contributed by atoms with Crippen molar-refractivity contribution in [1.29, 1.82) is 0 Å². The van der Waals surface area contributed by atoms with Crippen LogP contribution < -0.4 is 14.8 Å². The molecule has 7 atom stereocenters. The molecule has 3 fully saturated rings. The third-order valence-corrected chi connectivity index (χ3v) is 7.89. The molecule has 0 unspecified atom stereocenters. The lowest BCUT2D eigenvalue weighted by Crippen LogP contribution is -2.55. The standard InChI is InChI=1S/C25H22N2O7/c1-12-15(28)10-14(16-3-2-8-31-16)27-22(12)25-7-6-18(34-25)20(21(25)24(27)30)23(29)26-13-4-5-17-19(9-13)33-11-32-17/h2-9,12,14,18,20-22H,10-11H2,1H3,(H,26,29)/t12-,14-,18-,20-,21+,22-,25+/m1/s1. The Hall–Kier alpha value is -3.59. The van der Waals surface area contributed by atoms with Gasteiger partial charge in [-0.2, -0.15) is 0 Å². The second-order valence-electron chi connectivity index (χ2n) is 9.54. The van der Waals surface area contributed by atoms with Crippen LogP contribution >= 0.6 is 0 Å². The number of ketones is 1. The van der Waals surface area contributed by atoms with Gasteiger partial charge in [-0.25, -0.2) is 0 Å². The van der Waals surface area contributed by atoms with Crippen LogP contribution in [0.3, 0.4) is 0 Å². The number of benzene rings is 1. The van der Waals surface area contributed by atoms with Crippen molar-refractivity contribution in [2.45, 2.75) is 37.1 Å². The number of hydrogen-bond acceptors (Lipinski definition) is 7. The van der Waals surface area contributed by atoms with Gasteiger partial charge in [0.05, 0.1) is 36.3 Å². The number of anilines is 1. The van der Waals surface area contributed by atoms with Crippen LogP contribution in [0.5, 0.6) is 11.5 Å². The van der Waals surface area contributed by atoms with Gasteiger partial charge < -0.3 is 28.8 Å². The van der Waals surface area contributed by atoms with Crippen molar-refractivity contribution in [2.75, 3.05) is 12.1 Å². The van der Waals surface area contributed by atoms with E-state index in [4.69, 9.17) is 18.6 Å². The maximum Gasteiger partial charge on any atom is 0.231 e.